The molecule has 1 fully saturated rings. The molecular formula is C18H25NO2. The maximum Gasteiger partial charge on any atom is 0.0586 e. The second-order valence-corrected chi connectivity index (χ2v) is 5.63. The Morgan fingerprint density at radius 2 is 2.10 bits per heavy atom. The third kappa shape index (κ3) is 5.17. The van der Waals surface area contributed by atoms with Crippen LogP contribution in [0, 0.1) is 11.8 Å². The molecule has 1 atom stereocenters. The van der Waals surface area contributed by atoms with Gasteiger partial charge in [0.2, 0.25) is 0 Å². The van der Waals surface area contributed by atoms with Crippen LogP contribution in [0.25, 0.3) is 0 Å². The predicted molar refractivity (Wildman–Crippen MR) is 84.8 cm³/mol. The van der Waals surface area contributed by atoms with E-state index in [-0.39, 0.29) is 19.3 Å². The van der Waals surface area contributed by atoms with E-state index in [1.807, 2.05) is 12.1 Å². The van der Waals surface area contributed by atoms with E-state index in [0.717, 1.165) is 25.1 Å². The van der Waals surface area contributed by atoms with Crippen molar-refractivity contribution >= 4 is 0 Å². The van der Waals surface area contributed by atoms with Crippen LogP contribution in [0.5, 0.6) is 0 Å². The van der Waals surface area contributed by atoms with Gasteiger partial charge in [0, 0.05) is 24.6 Å². The zero-order valence-corrected chi connectivity index (χ0v) is 12.6. The standard InChI is InChI=1S/C18H25NO2/c20-12-5-3-7-16-8-6-9-17(13-16)14-19-11-4-1-2-10-18(19)15-21/h6,8-9,13,18,20-21H,1-2,4-5,10-12,14-15H2. The van der Waals surface area contributed by atoms with Gasteiger partial charge in [-0.3, -0.25) is 4.90 Å². The fourth-order valence-electron chi connectivity index (χ4n) is 2.85. The third-order valence-electron chi connectivity index (χ3n) is 3.99. The first kappa shape index (κ1) is 16.0. The third-order valence-corrected chi connectivity index (χ3v) is 3.99. The van der Waals surface area contributed by atoms with E-state index in [0.29, 0.717) is 6.42 Å². The molecule has 3 heteroatoms. The van der Waals surface area contributed by atoms with Gasteiger partial charge in [-0.1, -0.05) is 36.8 Å². The lowest BCUT2D eigenvalue weighted by Gasteiger charge is -2.28. The van der Waals surface area contributed by atoms with Gasteiger partial charge in [-0.25, -0.2) is 0 Å². The lowest BCUT2D eigenvalue weighted by Crippen LogP contribution is -2.36. The Kier molecular flexibility index (Phi) is 6.75. The van der Waals surface area contributed by atoms with Crippen LogP contribution in [0.1, 0.15) is 43.2 Å². The second-order valence-electron chi connectivity index (χ2n) is 5.63. The molecule has 1 aromatic rings. The van der Waals surface area contributed by atoms with Crippen LogP contribution in [-0.4, -0.2) is 40.9 Å². The Balaban J connectivity index is 2.04. The summed E-state index contributed by atoms with van der Waals surface area (Å²) in [6, 6.07) is 8.56. The van der Waals surface area contributed by atoms with E-state index in [1.165, 1.54) is 24.8 Å². The maximum absolute atomic E-state index is 9.57. The van der Waals surface area contributed by atoms with Crippen molar-refractivity contribution in [3.8, 4) is 11.8 Å². The van der Waals surface area contributed by atoms with Gasteiger partial charge in [0.15, 0.2) is 0 Å². The summed E-state index contributed by atoms with van der Waals surface area (Å²) in [4.78, 5) is 2.40. The predicted octanol–water partition coefficient (Wildman–Crippen LogP) is 2.16. The van der Waals surface area contributed by atoms with E-state index in [9.17, 15) is 5.11 Å². The number of hydrogen-bond donors (Lipinski definition) is 2. The molecule has 21 heavy (non-hydrogen) atoms. The molecule has 0 radical (unpaired) electrons. The van der Waals surface area contributed by atoms with Crippen LogP contribution in [0.15, 0.2) is 24.3 Å². The van der Waals surface area contributed by atoms with E-state index in [2.05, 4.69) is 28.9 Å². The molecule has 1 unspecified atom stereocenters. The van der Waals surface area contributed by atoms with Gasteiger partial charge in [0.25, 0.3) is 0 Å². The quantitative estimate of drug-likeness (QED) is 0.834. The second kappa shape index (κ2) is 8.84. The van der Waals surface area contributed by atoms with Crippen molar-refractivity contribution < 1.29 is 10.2 Å². The van der Waals surface area contributed by atoms with Crippen LogP contribution < -0.4 is 0 Å². The van der Waals surface area contributed by atoms with Crippen molar-refractivity contribution in [2.24, 2.45) is 0 Å². The minimum atomic E-state index is 0.110. The Hall–Kier alpha value is -1.34. The maximum atomic E-state index is 9.57. The van der Waals surface area contributed by atoms with Crippen LogP contribution in [-0.2, 0) is 6.54 Å². The van der Waals surface area contributed by atoms with Crippen molar-refractivity contribution in [3.05, 3.63) is 35.4 Å². The number of hydrogen-bond acceptors (Lipinski definition) is 3. The summed E-state index contributed by atoms with van der Waals surface area (Å²) >= 11 is 0. The highest BCUT2D eigenvalue weighted by Gasteiger charge is 2.20. The van der Waals surface area contributed by atoms with Crippen LogP contribution in [0.3, 0.4) is 0 Å². The molecular weight excluding hydrogens is 262 g/mol. The lowest BCUT2D eigenvalue weighted by atomic mass is 10.1. The summed E-state index contributed by atoms with van der Waals surface area (Å²) in [6.45, 7) is 2.29. The van der Waals surface area contributed by atoms with Crippen molar-refractivity contribution in [3.63, 3.8) is 0 Å². The number of likely N-dealkylation sites (tertiary alicyclic amines) is 1. The van der Waals surface area contributed by atoms with Gasteiger partial charge in [-0.2, -0.15) is 0 Å². The number of benzene rings is 1. The van der Waals surface area contributed by atoms with E-state index >= 15 is 0 Å². The zero-order valence-electron chi connectivity index (χ0n) is 12.6. The Morgan fingerprint density at radius 1 is 1.19 bits per heavy atom. The van der Waals surface area contributed by atoms with Crippen molar-refractivity contribution in [1.29, 1.82) is 0 Å². The molecule has 1 aliphatic heterocycles. The number of aliphatic hydroxyl groups is 2. The van der Waals surface area contributed by atoms with Gasteiger partial charge in [-0.15, -0.1) is 0 Å². The normalized spacial score (nSPS) is 19.6. The van der Waals surface area contributed by atoms with E-state index in [1.54, 1.807) is 0 Å². The largest absolute Gasteiger partial charge is 0.395 e. The summed E-state index contributed by atoms with van der Waals surface area (Å²) in [5.74, 6) is 6.04. The zero-order chi connectivity index (χ0) is 14.9. The monoisotopic (exact) mass is 287 g/mol. The molecule has 2 rings (SSSR count). The highest BCUT2D eigenvalue weighted by molar-refractivity contribution is 5.37. The van der Waals surface area contributed by atoms with Gasteiger partial charge in [-0.05, 0) is 37.1 Å². The van der Waals surface area contributed by atoms with Crippen molar-refractivity contribution in [1.82, 2.24) is 4.90 Å². The molecule has 1 heterocycles. The smallest absolute Gasteiger partial charge is 0.0586 e. The molecule has 114 valence electrons. The lowest BCUT2D eigenvalue weighted by molar-refractivity contribution is 0.118. The summed E-state index contributed by atoms with van der Waals surface area (Å²) in [6.07, 6.45) is 5.30. The Labute approximate surface area is 127 Å². The van der Waals surface area contributed by atoms with Gasteiger partial charge < -0.3 is 10.2 Å². The fourth-order valence-corrected chi connectivity index (χ4v) is 2.85. The summed E-state index contributed by atoms with van der Waals surface area (Å²) in [5.41, 5.74) is 2.24. The molecule has 3 nitrogen and oxygen atoms in total. The highest BCUT2D eigenvalue weighted by Crippen LogP contribution is 2.19. The SMILES string of the molecule is OCCC#Cc1cccc(CN2CCCCCC2CO)c1. The van der Waals surface area contributed by atoms with Crippen LogP contribution >= 0.6 is 0 Å². The molecule has 0 bridgehead atoms. The minimum Gasteiger partial charge on any atom is -0.395 e. The summed E-state index contributed by atoms with van der Waals surface area (Å²) < 4.78 is 0. The molecule has 2 N–H and O–H groups in total. The molecule has 0 spiro atoms. The van der Waals surface area contributed by atoms with E-state index in [4.69, 9.17) is 5.11 Å². The average Bonchev–Trinajstić information content (AvgIpc) is 2.73. The van der Waals surface area contributed by atoms with Crippen LogP contribution in [0.2, 0.25) is 0 Å². The van der Waals surface area contributed by atoms with Gasteiger partial charge in [0.1, 0.15) is 0 Å². The summed E-state index contributed by atoms with van der Waals surface area (Å²) in [5, 5.41) is 18.3. The average molecular weight is 287 g/mol. The fraction of sp³-hybridized carbons (Fsp3) is 0.556. The first-order chi connectivity index (χ1) is 10.3. The minimum absolute atomic E-state index is 0.110. The topological polar surface area (TPSA) is 43.7 Å². The van der Waals surface area contributed by atoms with Crippen LogP contribution in [0.4, 0.5) is 0 Å². The highest BCUT2D eigenvalue weighted by atomic mass is 16.3. The molecule has 1 aliphatic rings. The Morgan fingerprint density at radius 3 is 2.90 bits per heavy atom. The first-order valence-corrected chi connectivity index (χ1v) is 7.87. The van der Waals surface area contributed by atoms with Crippen molar-refractivity contribution in [2.75, 3.05) is 19.8 Å². The molecule has 0 amide bonds. The van der Waals surface area contributed by atoms with E-state index < -0.39 is 0 Å². The van der Waals surface area contributed by atoms with Gasteiger partial charge >= 0.3 is 0 Å². The first-order valence-electron chi connectivity index (χ1n) is 7.87. The number of rotatable bonds is 4. The number of nitrogens with zero attached hydrogens (tertiary/aromatic N) is 1. The molecule has 1 saturated heterocycles. The number of aliphatic hydroxyl groups excluding tert-OH is 2. The van der Waals surface area contributed by atoms with Gasteiger partial charge in [0.05, 0.1) is 13.2 Å². The summed E-state index contributed by atoms with van der Waals surface area (Å²) in [7, 11) is 0. The molecule has 0 aliphatic carbocycles. The molecule has 0 saturated carbocycles. The molecule has 0 aromatic heterocycles. The van der Waals surface area contributed by atoms with Crippen molar-refractivity contribution in [2.45, 2.75) is 44.7 Å². The molecule has 1 aromatic carbocycles. The Bertz CT molecular complexity index is 489.